The second-order valence-electron chi connectivity index (χ2n) is 2.30. The maximum absolute atomic E-state index is 10.9. The van der Waals surface area contributed by atoms with Gasteiger partial charge in [-0.2, -0.15) is 12.6 Å². The molecule has 0 saturated heterocycles. The van der Waals surface area contributed by atoms with Crippen molar-refractivity contribution in [2.45, 2.75) is 18.3 Å². The van der Waals surface area contributed by atoms with Crippen LogP contribution in [0.5, 0.6) is 0 Å². The molecule has 72 valence electrons. The number of Topliss-reactive ketones (excluding diaryl/α,β-unsaturated/α-hetero) is 1. The highest BCUT2D eigenvalue weighted by molar-refractivity contribution is 7.80. The first kappa shape index (κ1) is 11.9. The van der Waals surface area contributed by atoms with Crippen LogP contribution >= 0.6 is 12.6 Å². The molecule has 1 unspecified atom stereocenters. The lowest BCUT2D eigenvalue weighted by atomic mass is 10.1. The van der Waals surface area contributed by atoms with E-state index in [1.165, 1.54) is 0 Å². The third-order valence-electron chi connectivity index (χ3n) is 1.34. The first-order chi connectivity index (χ1) is 5.54. The SMILES string of the molecule is O=C(C(O)CS)[C@H](O)[C@H](O)CO. The van der Waals surface area contributed by atoms with Gasteiger partial charge in [-0.05, 0) is 0 Å². The van der Waals surface area contributed by atoms with Crippen LogP contribution in [0.4, 0.5) is 0 Å². The Balaban J connectivity index is 4.09. The molecule has 5 nitrogen and oxygen atoms in total. The number of rotatable bonds is 5. The largest absolute Gasteiger partial charge is 0.394 e. The number of hydrogen-bond donors (Lipinski definition) is 5. The molecule has 6 heteroatoms. The fourth-order valence-electron chi connectivity index (χ4n) is 0.577. The summed E-state index contributed by atoms with van der Waals surface area (Å²) < 4.78 is 0. The van der Waals surface area contributed by atoms with Gasteiger partial charge < -0.3 is 20.4 Å². The quantitative estimate of drug-likeness (QED) is 0.315. The van der Waals surface area contributed by atoms with Crippen LogP contribution in [0.2, 0.25) is 0 Å². The summed E-state index contributed by atoms with van der Waals surface area (Å²) in [5, 5.41) is 34.9. The number of carbonyl (C=O) groups is 1. The lowest BCUT2D eigenvalue weighted by Gasteiger charge is -2.16. The van der Waals surface area contributed by atoms with Crippen LogP contribution in [0, 0.1) is 0 Å². The monoisotopic (exact) mass is 196 g/mol. The summed E-state index contributed by atoms with van der Waals surface area (Å²) in [5.41, 5.74) is 0. The maximum atomic E-state index is 10.9. The molecule has 0 saturated carbocycles. The predicted octanol–water partition coefficient (Wildman–Crippen LogP) is -2.44. The number of aliphatic hydroxyl groups excluding tert-OH is 4. The van der Waals surface area contributed by atoms with E-state index in [-0.39, 0.29) is 5.75 Å². The Hall–Kier alpha value is -0.140. The van der Waals surface area contributed by atoms with Gasteiger partial charge in [-0.25, -0.2) is 0 Å². The van der Waals surface area contributed by atoms with E-state index in [0.29, 0.717) is 0 Å². The molecule has 3 atom stereocenters. The summed E-state index contributed by atoms with van der Waals surface area (Å²) in [6.07, 6.45) is -4.71. The Bertz CT molecular complexity index is 151. The van der Waals surface area contributed by atoms with Crippen LogP contribution < -0.4 is 0 Å². The molecule has 0 radical (unpaired) electrons. The Morgan fingerprint density at radius 2 is 1.83 bits per heavy atom. The molecule has 0 aromatic rings. The maximum Gasteiger partial charge on any atom is 0.193 e. The van der Waals surface area contributed by atoms with E-state index in [2.05, 4.69) is 12.6 Å². The Morgan fingerprint density at radius 3 is 2.17 bits per heavy atom. The van der Waals surface area contributed by atoms with Crippen LogP contribution in [0.15, 0.2) is 0 Å². The average Bonchev–Trinajstić information content (AvgIpc) is 2.12. The first-order valence-electron chi connectivity index (χ1n) is 3.34. The molecule has 0 spiro atoms. The second kappa shape index (κ2) is 5.50. The van der Waals surface area contributed by atoms with E-state index < -0.39 is 30.7 Å². The van der Waals surface area contributed by atoms with Crippen LogP contribution in [0.25, 0.3) is 0 Å². The van der Waals surface area contributed by atoms with Gasteiger partial charge in [0.15, 0.2) is 5.78 Å². The number of thiol groups is 1. The standard InChI is InChI=1S/C6H12O5S/c7-1-3(8)5(10)6(11)4(9)2-12/h3-5,7-10,12H,1-2H2/t3-,4?,5-/m1/s1. The number of carbonyl (C=O) groups excluding carboxylic acids is 1. The van der Waals surface area contributed by atoms with Gasteiger partial charge in [0, 0.05) is 5.75 Å². The van der Waals surface area contributed by atoms with Gasteiger partial charge in [-0.3, -0.25) is 4.79 Å². The molecule has 12 heavy (non-hydrogen) atoms. The highest BCUT2D eigenvalue weighted by Gasteiger charge is 2.28. The highest BCUT2D eigenvalue weighted by Crippen LogP contribution is 2.00. The summed E-state index contributed by atoms with van der Waals surface area (Å²) in [5.74, 6) is -1.07. The van der Waals surface area contributed by atoms with E-state index in [0.717, 1.165) is 0 Å². The Labute approximate surface area is 75.1 Å². The van der Waals surface area contributed by atoms with Crippen molar-refractivity contribution in [2.75, 3.05) is 12.4 Å². The van der Waals surface area contributed by atoms with Gasteiger partial charge >= 0.3 is 0 Å². The summed E-state index contributed by atoms with van der Waals surface area (Å²) in [4.78, 5) is 10.9. The van der Waals surface area contributed by atoms with E-state index in [1.807, 2.05) is 0 Å². The van der Waals surface area contributed by atoms with Crippen molar-refractivity contribution in [1.82, 2.24) is 0 Å². The fourth-order valence-corrected chi connectivity index (χ4v) is 0.756. The van der Waals surface area contributed by atoms with Gasteiger partial charge in [-0.15, -0.1) is 0 Å². The van der Waals surface area contributed by atoms with Crippen molar-refractivity contribution in [2.24, 2.45) is 0 Å². The molecule has 0 fully saturated rings. The van der Waals surface area contributed by atoms with Crippen LogP contribution in [-0.4, -0.2) is 56.9 Å². The third-order valence-corrected chi connectivity index (χ3v) is 1.69. The van der Waals surface area contributed by atoms with Crippen molar-refractivity contribution >= 4 is 18.4 Å². The lowest BCUT2D eigenvalue weighted by Crippen LogP contribution is -2.42. The van der Waals surface area contributed by atoms with Crippen molar-refractivity contribution in [3.8, 4) is 0 Å². The second-order valence-corrected chi connectivity index (χ2v) is 2.66. The van der Waals surface area contributed by atoms with Crippen LogP contribution in [0.3, 0.4) is 0 Å². The number of hydrogen-bond acceptors (Lipinski definition) is 6. The highest BCUT2D eigenvalue weighted by atomic mass is 32.1. The van der Waals surface area contributed by atoms with Crippen molar-refractivity contribution in [3.05, 3.63) is 0 Å². The summed E-state index contributed by atoms with van der Waals surface area (Å²) >= 11 is 3.62. The Morgan fingerprint density at radius 1 is 1.33 bits per heavy atom. The molecule has 0 heterocycles. The summed E-state index contributed by atoms with van der Waals surface area (Å²) in [6, 6.07) is 0. The molecule has 0 aromatic heterocycles. The molecule has 0 aliphatic heterocycles. The molecule has 0 aliphatic rings. The molecule has 0 rings (SSSR count). The van der Waals surface area contributed by atoms with Gasteiger partial charge in [0.1, 0.15) is 18.3 Å². The fraction of sp³-hybridized carbons (Fsp3) is 0.833. The molecule has 0 aliphatic carbocycles. The van der Waals surface area contributed by atoms with Gasteiger partial charge in [0.25, 0.3) is 0 Å². The van der Waals surface area contributed by atoms with E-state index in [1.54, 1.807) is 0 Å². The normalized spacial score (nSPS) is 18.4. The Kier molecular flexibility index (Phi) is 5.43. The number of aliphatic hydroxyl groups is 4. The predicted molar refractivity (Wildman–Crippen MR) is 44.0 cm³/mol. The van der Waals surface area contributed by atoms with Crippen molar-refractivity contribution < 1.29 is 25.2 Å². The lowest BCUT2D eigenvalue weighted by molar-refractivity contribution is -0.141. The molecule has 0 amide bonds. The minimum Gasteiger partial charge on any atom is -0.394 e. The van der Waals surface area contributed by atoms with E-state index in [9.17, 15) is 4.79 Å². The number of ketones is 1. The zero-order valence-electron chi connectivity index (χ0n) is 6.29. The topological polar surface area (TPSA) is 98.0 Å². The zero-order chi connectivity index (χ0) is 9.72. The molecule has 0 bridgehead atoms. The van der Waals surface area contributed by atoms with Gasteiger partial charge in [0.2, 0.25) is 0 Å². The van der Waals surface area contributed by atoms with Gasteiger partial charge in [0.05, 0.1) is 6.61 Å². The minimum atomic E-state index is -1.75. The smallest absolute Gasteiger partial charge is 0.193 e. The van der Waals surface area contributed by atoms with Crippen molar-refractivity contribution in [1.29, 1.82) is 0 Å². The third kappa shape index (κ3) is 3.08. The van der Waals surface area contributed by atoms with E-state index in [4.69, 9.17) is 20.4 Å². The minimum absolute atomic E-state index is 0.131. The molecule has 4 N–H and O–H groups in total. The molecule has 0 aromatic carbocycles. The van der Waals surface area contributed by atoms with E-state index >= 15 is 0 Å². The van der Waals surface area contributed by atoms with Crippen LogP contribution in [-0.2, 0) is 4.79 Å². The van der Waals surface area contributed by atoms with Crippen LogP contribution in [0.1, 0.15) is 0 Å². The van der Waals surface area contributed by atoms with Crippen molar-refractivity contribution in [3.63, 3.8) is 0 Å². The summed E-state index contributed by atoms with van der Waals surface area (Å²) in [6.45, 7) is -0.730. The molecular weight excluding hydrogens is 184 g/mol. The van der Waals surface area contributed by atoms with Gasteiger partial charge in [-0.1, -0.05) is 0 Å². The molecular formula is C6H12O5S. The zero-order valence-corrected chi connectivity index (χ0v) is 7.19. The average molecular weight is 196 g/mol. The first-order valence-corrected chi connectivity index (χ1v) is 3.97. The summed E-state index contributed by atoms with van der Waals surface area (Å²) in [7, 11) is 0.